The number of amides is 2. The summed E-state index contributed by atoms with van der Waals surface area (Å²) in [6.07, 6.45) is 0.941. The maximum absolute atomic E-state index is 13.0. The quantitative estimate of drug-likeness (QED) is 0.681. The number of hydrogen-bond acceptors (Lipinski definition) is 6. The third kappa shape index (κ3) is 3.57. The molecule has 1 aliphatic rings. The number of anilines is 2. The molecule has 0 bridgehead atoms. The van der Waals surface area contributed by atoms with Crippen molar-refractivity contribution in [3.8, 4) is 0 Å². The van der Waals surface area contributed by atoms with E-state index in [9.17, 15) is 9.59 Å². The number of thiophene rings is 1. The molecular formula is C20H20N4O2S2. The van der Waals surface area contributed by atoms with E-state index >= 15 is 0 Å². The SMILES string of the molecule is CCc1nnc(NC(=O)[C@@H]2CC(=O)N(c3ccc(C)cc3)[C@H]2c2cccs2)s1. The minimum Gasteiger partial charge on any atom is -0.303 e. The van der Waals surface area contributed by atoms with Gasteiger partial charge in [-0.05, 0) is 36.9 Å². The van der Waals surface area contributed by atoms with E-state index in [4.69, 9.17) is 0 Å². The molecule has 144 valence electrons. The number of hydrogen-bond donors (Lipinski definition) is 1. The standard InChI is InChI=1S/C20H20N4O2S2/c1-3-16-22-23-20(28-16)21-19(26)14-11-17(25)24(13-8-6-12(2)7-9-13)18(14)15-5-4-10-27-15/h4-10,14,18H,3,11H2,1-2H3,(H,21,23,26)/t14-,18-/m1/s1. The first-order valence-electron chi connectivity index (χ1n) is 9.12. The van der Waals surface area contributed by atoms with Gasteiger partial charge in [-0.2, -0.15) is 0 Å². The highest BCUT2D eigenvalue weighted by Crippen LogP contribution is 2.43. The van der Waals surface area contributed by atoms with Gasteiger partial charge < -0.3 is 10.2 Å². The molecule has 1 fully saturated rings. The molecule has 3 heterocycles. The molecule has 28 heavy (non-hydrogen) atoms. The van der Waals surface area contributed by atoms with Gasteiger partial charge >= 0.3 is 0 Å². The van der Waals surface area contributed by atoms with E-state index in [2.05, 4.69) is 15.5 Å². The molecule has 1 aromatic carbocycles. The maximum atomic E-state index is 13.0. The molecule has 6 nitrogen and oxygen atoms in total. The predicted octanol–water partition coefficient (Wildman–Crippen LogP) is 4.20. The van der Waals surface area contributed by atoms with Crippen LogP contribution in [0.15, 0.2) is 41.8 Å². The highest BCUT2D eigenvalue weighted by molar-refractivity contribution is 7.15. The molecule has 1 aliphatic heterocycles. The second-order valence-corrected chi connectivity index (χ2v) is 8.76. The summed E-state index contributed by atoms with van der Waals surface area (Å²) in [7, 11) is 0. The van der Waals surface area contributed by atoms with Crippen LogP contribution >= 0.6 is 22.7 Å². The van der Waals surface area contributed by atoms with E-state index in [0.717, 1.165) is 27.6 Å². The average Bonchev–Trinajstić information content (AvgIpc) is 3.42. The summed E-state index contributed by atoms with van der Waals surface area (Å²) in [5.74, 6) is -0.726. The van der Waals surface area contributed by atoms with E-state index in [1.165, 1.54) is 11.3 Å². The third-order valence-electron chi connectivity index (χ3n) is 4.81. The average molecular weight is 413 g/mol. The van der Waals surface area contributed by atoms with Crippen molar-refractivity contribution in [3.63, 3.8) is 0 Å². The van der Waals surface area contributed by atoms with Crippen LogP contribution in [0.25, 0.3) is 0 Å². The number of benzene rings is 1. The number of aromatic nitrogens is 2. The lowest BCUT2D eigenvalue weighted by molar-refractivity contribution is -0.122. The summed E-state index contributed by atoms with van der Waals surface area (Å²) in [5, 5.41) is 14.3. The third-order valence-corrected chi connectivity index (χ3v) is 6.73. The Morgan fingerprint density at radius 2 is 2.04 bits per heavy atom. The van der Waals surface area contributed by atoms with Crippen LogP contribution in [0.3, 0.4) is 0 Å². The topological polar surface area (TPSA) is 75.2 Å². The van der Waals surface area contributed by atoms with Crippen molar-refractivity contribution in [1.29, 1.82) is 0 Å². The van der Waals surface area contributed by atoms with Crippen molar-refractivity contribution in [2.75, 3.05) is 10.2 Å². The van der Waals surface area contributed by atoms with E-state index < -0.39 is 5.92 Å². The molecule has 8 heteroatoms. The Kier molecular flexibility index (Phi) is 5.23. The van der Waals surface area contributed by atoms with Gasteiger partial charge in [-0.1, -0.05) is 42.0 Å². The summed E-state index contributed by atoms with van der Waals surface area (Å²) >= 11 is 2.93. The number of nitrogens with zero attached hydrogens (tertiary/aromatic N) is 3. The van der Waals surface area contributed by atoms with Gasteiger partial charge in [0.1, 0.15) is 5.01 Å². The summed E-state index contributed by atoms with van der Waals surface area (Å²) in [4.78, 5) is 28.7. The maximum Gasteiger partial charge on any atom is 0.232 e. The van der Waals surface area contributed by atoms with E-state index in [-0.39, 0.29) is 24.3 Å². The summed E-state index contributed by atoms with van der Waals surface area (Å²) in [5.41, 5.74) is 1.94. The van der Waals surface area contributed by atoms with Gasteiger partial charge in [-0.25, -0.2) is 0 Å². The van der Waals surface area contributed by atoms with Crippen LogP contribution in [-0.4, -0.2) is 22.0 Å². The zero-order chi connectivity index (χ0) is 19.7. The number of nitrogens with one attached hydrogen (secondary N) is 1. The van der Waals surface area contributed by atoms with Crippen LogP contribution in [0.2, 0.25) is 0 Å². The fourth-order valence-corrected chi connectivity index (χ4v) is 4.97. The first-order chi connectivity index (χ1) is 13.6. The molecule has 0 spiro atoms. The van der Waals surface area contributed by atoms with Crippen molar-refractivity contribution < 1.29 is 9.59 Å². The van der Waals surface area contributed by atoms with E-state index in [0.29, 0.717) is 5.13 Å². The molecule has 1 saturated heterocycles. The minimum absolute atomic E-state index is 0.0473. The van der Waals surface area contributed by atoms with E-state index in [1.807, 2.05) is 55.6 Å². The Balaban J connectivity index is 1.65. The first kappa shape index (κ1) is 18.8. The highest BCUT2D eigenvalue weighted by Gasteiger charge is 2.46. The van der Waals surface area contributed by atoms with Crippen molar-refractivity contribution in [1.82, 2.24) is 10.2 Å². The predicted molar refractivity (Wildman–Crippen MR) is 112 cm³/mol. The van der Waals surface area contributed by atoms with Gasteiger partial charge in [0.15, 0.2) is 0 Å². The molecule has 2 atom stereocenters. The van der Waals surface area contributed by atoms with Gasteiger partial charge in [0, 0.05) is 17.0 Å². The lowest BCUT2D eigenvalue weighted by atomic mass is 9.97. The Bertz CT molecular complexity index is 982. The second-order valence-electron chi connectivity index (χ2n) is 6.71. The fraction of sp³-hybridized carbons (Fsp3) is 0.300. The number of carbonyl (C=O) groups excluding carboxylic acids is 2. The van der Waals surface area contributed by atoms with Gasteiger partial charge in [-0.15, -0.1) is 21.5 Å². The molecular weight excluding hydrogens is 392 g/mol. The normalized spacial score (nSPS) is 19.2. The van der Waals surface area contributed by atoms with Crippen LogP contribution in [0.1, 0.15) is 34.8 Å². The summed E-state index contributed by atoms with van der Waals surface area (Å²) in [6, 6.07) is 11.4. The van der Waals surface area contributed by atoms with Crippen LogP contribution in [0, 0.1) is 12.8 Å². The Labute approximate surface area is 171 Å². The molecule has 2 amide bonds. The molecule has 0 unspecified atom stereocenters. The number of aryl methyl sites for hydroxylation is 2. The molecule has 3 aromatic rings. The summed E-state index contributed by atoms with van der Waals surface area (Å²) < 4.78 is 0. The molecule has 4 rings (SSSR count). The van der Waals surface area contributed by atoms with Crippen molar-refractivity contribution in [3.05, 3.63) is 57.2 Å². The van der Waals surface area contributed by atoms with Crippen LogP contribution in [0.4, 0.5) is 10.8 Å². The van der Waals surface area contributed by atoms with Gasteiger partial charge in [-0.3, -0.25) is 9.59 Å². The monoisotopic (exact) mass is 412 g/mol. The first-order valence-corrected chi connectivity index (χ1v) is 10.8. The van der Waals surface area contributed by atoms with Crippen molar-refractivity contribution in [2.24, 2.45) is 5.92 Å². The zero-order valence-electron chi connectivity index (χ0n) is 15.6. The molecule has 0 saturated carbocycles. The lowest BCUT2D eigenvalue weighted by Gasteiger charge is -2.27. The van der Waals surface area contributed by atoms with Gasteiger partial charge in [0.25, 0.3) is 0 Å². The number of rotatable bonds is 5. The van der Waals surface area contributed by atoms with Crippen LogP contribution in [-0.2, 0) is 16.0 Å². The Morgan fingerprint density at radius 1 is 1.25 bits per heavy atom. The molecule has 0 aliphatic carbocycles. The zero-order valence-corrected chi connectivity index (χ0v) is 17.2. The highest BCUT2D eigenvalue weighted by atomic mass is 32.1. The molecule has 2 aromatic heterocycles. The summed E-state index contributed by atoms with van der Waals surface area (Å²) in [6.45, 7) is 4.00. The second kappa shape index (κ2) is 7.81. The Morgan fingerprint density at radius 3 is 2.68 bits per heavy atom. The molecule has 0 radical (unpaired) electrons. The Hall–Kier alpha value is -2.58. The van der Waals surface area contributed by atoms with Gasteiger partial charge in [0.2, 0.25) is 16.9 Å². The van der Waals surface area contributed by atoms with Crippen LogP contribution in [0.5, 0.6) is 0 Å². The van der Waals surface area contributed by atoms with Crippen molar-refractivity contribution in [2.45, 2.75) is 32.7 Å². The van der Waals surface area contributed by atoms with Crippen LogP contribution < -0.4 is 10.2 Å². The largest absolute Gasteiger partial charge is 0.303 e. The van der Waals surface area contributed by atoms with E-state index in [1.54, 1.807) is 16.2 Å². The lowest BCUT2D eigenvalue weighted by Crippen LogP contribution is -2.31. The molecule has 1 N–H and O–H groups in total. The fourth-order valence-electron chi connectivity index (χ4n) is 3.41. The minimum atomic E-state index is -0.485. The van der Waals surface area contributed by atoms with Gasteiger partial charge in [0.05, 0.1) is 12.0 Å². The van der Waals surface area contributed by atoms with Crippen molar-refractivity contribution >= 4 is 45.3 Å². The smallest absolute Gasteiger partial charge is 0.232 e. The number of carbonyl (C=O) groups is 2.